The average Bonchev–Trinajstić information content (AvgIpc) is 2.91. The molecule has 0 bridgehead atoms. The summed E-state index contributed by atoms with van der Waals surface area (Å²) in [5.41, 5.74) is 2.07. The minimum Gasteiger partial charge on any atom is -0.481 e. The number of carbonyl (C=O) groups excluding carboxylic acids is 1. The van der Waals surface area contributed by atoms with E-state index in [2.05, 4.69) is 16.0 Å². The van der Waals surface area contributed by atoms with Gasteiger partial charge in [-0.25, -0.2) is 9.97 Å². The molecule has 0 saturated carbocycles. The van der Waals surface area contributed by atoms with Gasteiger partial charge in [0, 0.05) is 10.9 Å². The number of ether oxygens (including phenoxy) is 1. The number of nitrogens with zero attached hydrogens (tertiary/aromatic N) is 2. The van der Waals surface area contributed by atoms with Gasteiger partial charge in [-0.2, -0.15) is 0 Å². The topological polar surface area (TPSA) is 52.1 Å². The van der Waals surface area contributed by atoms with Gasteiger partial charge in [0.2, 0.25) is 5.88 Å². The van der Waals surface area contributed by atoms with Crippen molar-refractivity contribution in [3.05, 3.63) is 39.5 Å². The molecule has 2 aromatic rings. The number of fused-ring (bicyclic) bond motifs is 1. The summed E-state index contributed by atoms with van der Waals surface area (Å²) in [6.45, 7) is 0. The number of hydrogen-bond acceptors (Lipinski definition) is 5. The highest BCUT2D eigenvalue weighted by molar-refractivity contribution is 7.14. The third-order valence-corrected chi connectivity index (χ3v) is 4.80. The molecule has 0 amide bonds. The summed E-state index contributed by atoms with van der Waals surface area (Å²) >= 11 is 1.65. The fourth-order valence-corrected chi connectivity index (χ4v) is 3.66. The second-order valence-corrected chi connectivity index (χ2v) is 6.05. The Hall–Kier alpha value is -1.75. The number of methoxy groups -OCH3 is 1. The van der Waals surface area contributed by atoms with Gasteiger partial charge in [-0.05, 0) is 37.3 Å². The molecule has 0 N–H and O–H groups in total. The maximum absolute atomic E-state index is 12.3. The Morgan fingerprint density at radius 3 is 2.95 bits per heavy atom. The summed E-state index contributed by atoms with van der Waals surface area (Å²) in [6.07, 6.45) is 6.44. The van der Waals surface area contributed by atoms with Crippen molar-refractivity contribution >= 4 is 17.1 Å². The molecule has 5 heteroatoms. The van der Waals surface area contributed by atoms with Crippen LogP contribution in [0, 0.1) is 0 Å². The lowest BCUT2D eigenvalue weighted by molar-refractivity contribution is 0.0995. The van der Waals surface area contributed by atoms with E-state index >= 15 is 0 Å². The number of carbonyl (C=O) groups is 1. The molecule has 2 aromatic heterocycles. The van der Waals surface area contributed by atoms with Gasteiger partial charge in [0.1, 0.15) is 6.33 Å². The van der Waals surface area contributed by atoms with Gasteiger partial charge in [0.15, 0.2) is 5.78 Å². The third kappa shape index (κ3) is 2.72. The van der Waals surface area contributed by atoms with Crippen molar-refractivity contribution in [2.45, 2.75) is 32.1 Å². The Morgan fingerprint density at radius 2 is 2.15 bits per heavy atom. The number of rotatable bonds is 4. The van der Waals surface area contributed by atoms with Crippen molar-refractivity contribution in [3.63, 3.8) is 0 Å². The molecule has 2 heterocycles. The molecular formula is C15H16N2O2S. The highest BCUT2D eigenvalue weighted by Crippen LogP contribution is 2.30. The minimum absolute atomic E-state index is 0.130. The summed E-state index contributed by atoms with van der Waals surface area (Å²) in [7, 11) is 1.56. The van der Waals surface area contributed by atoms with Crippen molar-refractivity contribution in [1.29, 1.82) is 0 Å². The first-order valence-corrected chi connectivity index (χ1v) is 7.57. The minimum atomic E-state index is 0.130. The lowest BCUT2D eigenvalue weighted by Gasteiger charge is -2.08. The van der Waals surface area contributed by atoms with Crippen LogP contribution < -0.4 is 4.74 Å². The monoisotopic (exact) mass is 288 g/mol. The zero-order valence-corrected chi connectivity index (χ0v) is 12.2. The Labute approximate surface area is 121 Å². The van der Waals surface area contributed by atoms with Crippen LogP contribution in [0.4, 0.5) is 0 Å². The molecule has 1 aliphatic carbocycles. The molecule has 1 aliphatic rings. The van der Waals surface area contributed by atoms with Crippen LogP contribution >= 0.6 is 11.3 Å². The number of ketones is 1. The Balaban J connectivity index is 1.77. The number of thiophene rings is 1. The van der Waals surface area contributed by atoms with E-state index in [-0.39, 0.29) is 5.78 Å². The lowest BCUT2D eigenvalue weighted by Crippen LogP contribution is -2.04. The predicted octanol–water partition coefficient (Wildman–Crippen LogP) is 2.85. The second-order valence-electron chi connectivity index (χ2n) is 4.92. The number of aromatic nitrogens is 2. The zero-order valence-electron chi connectivity index (χ0n) is 11.4. The van der Waals surface area contributed by atoms with E-state index in [1.165, 1.54) is 29.6 Å². The maximum Gasteiger partial charge on any atom is 0.216 e. The molecule has 0 unspecified atom stereocenters. The molecule has 0 spiro atoms. The quantitative estimate of drug-likeness (QED) is 0.812. The van der Waals surface area contributed by atoms with E-state index in [1.807, 2.05) is 0 Å². The first kappa shape index (κ1) is 13.2. The first-order valence-electron chi connectivity index (χ1n) is 6.76. The van der Waals surface area contributed by atoms with Gasteiger partial charge >= 0.3 is 0 Å². The Kier molecular flexibility index (Phi) is 3.78. The van der Waals surface area contributed by atoms with Crippen LogP contribution in [0.3, 0.4) is 0 Å². The molecule has 0 radical (unpaired) electrons. The third-order valence-electron chi connectivity index (χ3n) is 3.52. The highest BCUT2D eigenvalue weighted by Gasteiger charge is 2.18. The normalized spacial score (nSPS) is 13.8. The van der Waals surface area contributed by atoms with Gasteiger partial charge < -0.3 is 4.74 Å². The van der Waals surface area contributed by atoms with Gasteiger partial charge in [0.25, 0.3) is 0 Å². The molecule has 0 atom stereocenters. The average molecular weight is 288 g/mol. The van der Waals surface area contributed by atoms with Crippen molar-refractivity contribution in [2.24, 2.45) is 0 Å². The van der Waals surface area contributed by atoms with Crippen LogP contribution in [-0.2, 0) is 19.3 Å². The first-order chi connectivity index (χ1) is 9.76. The van der Waals surface area contributed by atoms with E-state index in [4.69, 9.17) is 4.74 Å². The molecule has 4 nitrogen and oxygen atoms in total. The predicted molar refractivity (Wildman–Crippen MR) is 77.6 cm³/mol. The second kappa shape index (κ2) is 5.71. The summed E-state index contributed by atoms with van der Waals surface area (Å²) < 4.78 is 5.05. The number of Topliss-reactive ketones (excluding diaryl/α,β-unsaturated/α-hetero) is 1. The van der Waals surface area contributed by atoms with Crippen LogP contribution in [-0.4, -0.2) is 22.9 Å². The van der Waals surface area contributed by atoms with E-state index in [0.29, 0.717) is 18.0 Å². The molecule has 3 rings (SSSR count). The van der Waals surface area contributed by atoms with Crippen LogP contribution in [0.1, 0.15) is 38.6 Å². The largest absolute Gasteiger partial charge is 0.481 e. The van der Waals surface area contributed by atoms with Crippen LogP contribution in [0.5, 0.6) is 5.88 Å². The summed E-state index contributed by atoms with van der Waals surface area (Å²) in [4.78, 5) is 22.7. The molecular weight excluding hydrogens is 272 g/mol. The van der Waals surface area contributed by atoms with Gasteiger partial charge in [-0.15, -0.1) is 11.3 Å². The molecule has 0 aromatic carbocycles. The van der Waals surface area contributed by atoms with E-state index in [1.54, 1.807) is 24.5 Å². The molecule has 0 aliphatic heterocycles. The Morgan fingerprint density at radius 1 is 1.30 bits per heavy atom. The van der Waals surface area contributed by atoms with E-state index < -0.39 is 0 Å². The Bertz CT molecular complexity index is 613. The van der Waals surface area contributed by atoms with E-state index in [0.717, 1.165) is 17.7 Å². The molecule has 0 saturated heterocycles. The smallest absolute Gasteiger partial charge is 0.216 e. The fraction of sp³-hybridized carbons (Fsp3) is 0.400. The van der Waals surface area contributed by atoms with Crippen molar-refractivity contribution < 1.29 is 9.53 Å². The van der Waals surface area contributed by atoms with Crippen molar-refractivity contribution in [1.82, 2.24) is 9.97 Å². The summed E-state index contributed by atoms with van der Waals surface area (Å²) in [5.74, 6) is 0.624. The fourth-order valence-electron chi connectivity index (χ4n) is 2.46. The maximum atomic E-state index is 12.3. The molecule has 20 heavy (non-hydrogen) atoms. The standard InChI is InChI=1S/C15H16N2O2S/c1-19-15-8-11(16-9-17-15)7-12(18)14-6-10-4-2-3-5-13(10)20-14/h6,8-9H,2-5,7H2,1H3. The van der Waals surface area contributed by atoms with Crippen LogP contribution in [0.2, 0.25) is 0 Å². The number of hydrogen-bond donors (Lipinski definition) is 0. The zero-order chi connectivity index (χ0) is 13.9. The van der Waals surface area contributed by atoms with Gasteiger partial charge in [-0.3, -0.25) is 4.79 Å². The molecule has 104 valence electrons. The SMILES string of the molecule is COc1cc(CC(=O)c2cc3c(s2)CCCC3)ncn1. The van der Waals surface area contributed by atoms with Crippen LogP contribution in [0.25, 0.3) is 0 Å². The molecule has 0 fully saturated rings. The highest BCUT2D eigenvalue weighted by atomic mass is 32.1. The summed E-state index contributed by atoms with van der Waals surface area (Å²) in [5, 5.41) is 0. The van der Waals surface area contributed by atoms with Gasteiger partial charge in [-0.1, -0.05) is 0 Å². The van der Waals surface area contributed by atoms with E-state index in [9.17, 15) is 4.79 Å². The lowest BCUT2D eigenvalue weighted by atomic mass is 9.99. The van der Waals surface area contributed by atoms with Gasteiger partial charge in [0.05, 0.1) is 24.1 Å². The van der Waals surface area contributed by atoms with Crippen molar-refractivity contribution in [2.75, 3.05) is 7.11 Å². The summed E-state index contributed by atoms with van der Waals surface area (Å²) in [6, 6.07) is 3.78. The van der Waals surface area contributed by atoms with Crippen LogP contribution in [0.15, 0.2) is 18.5 Å². The number of aryl methyl sites for hydroxylation is 2. The van der Waals surface area contributed by atoms with Crippen molar-refractivity contribution in [3.8, 4) is 5.88 Å².